The van der Waals surface area contributed by atoms with Gasteiger partial charge in [0.25, 0.3) is 0 Å². The Bertz CT molecular complexity index is 471. The van der Waals surface area contributed by atoms with Crippen molar-refractivity contribution >= 4 is 30.3 Å². The number of hydrogen-bond donors (Lipinski definition) is 1. The monoisotopic (exact) mass is 276 g/mol. The first kappa shape index (κ1) is 11.0. The number of nitrogens with two attached hydrogens (primary N) is 1. The van der Waals surface area contributed by atoms with Crippen molar-refractivity contribution in [3.63, 3.8) is 0 Å². The quantitative estimate of drug-likeness (QED) is 0.806. The third kappa shape index (κ3) is 2.55. The Balaban J connectivity index is 2.18. The van der Waals surface area contributed by atoms with Crippen LogP contribution in [0.2, 0.25) is 0 Å². The fraction of sp³-hybridized carbons (Fsp3) is 0.0833. The summed E-state index contributed by atoms with van der Waals surface area (Å²) in [5.41, 5.74) is 6.66. The number of methoxy groups -OCH3 is 1. The van der Waals surface area contributed by atoms with E-state index < -0.39 is 15.8 Å². The summed E-state index contributed by atoms with van der Waals surface area (Å²) in [4.78, 5) is 4.32. The third-order valence-corrected chi connectivity index (χ3v) is 4.87. The second-order valence-corrected chi connectivity index (χ2v) is 6.02. The molecule has 82 valence electrons. The van der Waals surface area contributed by atoms with E-state index in [1.54, 1.807) is 13.3 Å². The number of anilines is 1. The van der Waals surface area contributed by atoms with Gasteiger partial charge in [0.1, 0.15) is 0 Å². The van der Waals surface area contributed by atoms with Crippen LogP contribution in [0, 0.1) is 0 Å². The molecule has 0 aliphatic rings. The fourth-order valence-electron chi connectivity index (χ4n) is 1.33. The first-order chi connectivity index (χ1) is 7.79. The number of ether oxygens (including phenoxy) is 1. The maximum absolute atomic E-state index is 5.87. The van der Waals surface area contributed by atoms with Gasteiger partial charge in [0.05, 0.1) is 0 Å². The molecule has 1 heterocycles. The van der Waals surface area contributed by atoms with Gasteiger partial charge in [-0.1, -0.05) is 0 Å². The minimum atomic E-state index is -0.446. The molecule has 0 saturated heterocycles. The number of nitrogens with zero attached hydrogens (tertiary/aromatic N) is 1. The van der Waals surface area contributed by atoms with E-state index >= 15 is 0 Å². The van der Waals surface area contributed by atoms with Crippen molar-refractivity contribution in [3.05, 3.63) is 42.6 Å². The van der Waals surface area contributed by atoms with Crippen molar-refractivity contribution < 1.29 is 4.74 Å². The molecule has 0 aliphatic heterocycles. The van der Waals surface area contributed by atoms with Gasteiger partial charge >= 0.3 is 101 Å². The number of nitrogen functional groups attached to an aromatic ring is 1. The van der Waals surface area contributed by atoms with E-state index in [4.69, 9.17) is 10.5 Å². The predicted octanol–water partition coefficient (Wildman–Crippen LogP) is 0.0597. The summed E-state index contributed by atoms with van der Waals surface area (Å²) in [7, 11) is 1.67. The van der Waals surface area contributed by atoms with Crippen molar-refractivity contribution in [2.24, 2.45) is 0 Å². The topological polar surface area (TPSA) is 48.1 Å². The summed E-state index contributed by atoms with van der Waals surface area (Å²) < 4.78 is 7.45. The molecule has 3 nitrogen and oxygen atoms in total. The number of rotatable bonds is 3. The van der Waals surface area contributed by atoms with E-state index in [0.717, 1.165) is 15.9 Å². The summed E-state index contributed by atoms with van der Waals surface area (Å²) in [5.74, 6) is 0.879. The Hall–Kier alpha value is -1.47. The van der Waals surface area contributed by atoms with Gasteiger partial charge in [0.15, 0.2) is 0 Å². The van der Waals surface area contributed by atoms with Crippen LogP contribution < -0.4 is 19.3 Å². The Morgan fingerprint density at radius 3 is 2.56 bits per heavy atom. The Labute approximate surface area is 101 Å². The summed E-state index contributed by atoms with van der Waals surface area (Å²) in [5, 5.41) is 0. The average Bonchev–Trinajstić information content (AvgIpc) is 2.33. The second kappa shape index (κ2) is 5.04. The Morgan fingerprint density at radius 1 is 1.19 bits per heavy atom. The van der Waals surface area contributed by atoms with E-state index in [9.17, 15) is 0 Å². The van der Waals surface area contributed by atoms with Crippen molar-refractivity contribution in [2.75, 3.05) is 12.8 Å². The van der Waals surface area contributed by atoms with E-state index in [-0.39, 0.29) is 0 Å². The van der Waals surface area contributed by atoms with Gasteiger partial charge in [-0.15, -0.1) is 0 Å². The molecule has 0 aliphatic carbocycles. The van der Waals surface area contributed by atoms with Gasteiger partial charge in [0.2, 0.25) is 0 Å². The molecule has 2 aromatic rings. The molecule has 16 heavy (non-hydrogen) atoms. The van der Waals surface area contributed by atoms with E-state index in [1.165, 1.54) is 4.35 Å². The van der Waals surface area contributed by atoms with Gasteiger partial charge in [-0.2, -0.15) is 0 Å². The molecule has 1 aromatic heterocycles. The molecule has 0 saturated carbocycles. The van der Waals surface area contributed by atoms with Crippen LogP contribution in [0.15, 0.2) is 42.6 Å². The summed E-state index contributed by atoms with van der Waals surface area (Å²) in [6, 6.07) is 11.9. The second-order valence-electron chi connectivity index (χ2n) is 3.29. The van der Waals surface area contributed by atoms with Gasteiger partial charge in [-0.05, 0) is 0 Å². The van der Waals surface area contributed by atoms with Crippen LogP contribution in [0.4, 0.5) is 5.69 Å². The van der Waals surface area contributed by atoms with Gasteiger partial charge < -0.3 is 0 Å². The number of aromatic nitrogens is 1. The van der Waals surface area contributed by atoms with Crippen LogP contribution in [-0.4, -0.2) is 27.8 Å². The van der Waals surface area contributed by atoms with Crippen molar-refractivity contribution in [1.29, 1.82) is 0 Å². The molecule has 0 amide bonds. The predicted molar refractivity (Wildman–Crippen MR) is 68.1 cm³/mol. The van der Waals surface area contributed by atoms with E-state index in [2.05, 4.69) is 17.1 Å². The molecule has 0 spiro atoms. The van der Waals surface area contributed by atoms with Crippen LogP contribution in [0.1, 0.15) is 0 Å². The Kier molecular flexibility index (Phi) is 3.47. The van der Waals surface area contributed by atoms with Crippen LogP contribution in [0.3, 0.4) is 0 Å². The van der Waals surface area contributed by atoms with Crippen LogP contribution in [-0.2, 0) is 0 Å². The van der Waals surface area contributed by atoms with Gasteiger partial charge in [-0.25, -0.2) is 0 Å². The van der Waals surface area contributed by atoms with Crippen LogP contribution >= 0.6 is 0 Å². The van der Waals surface area contributed by atoms with Gasteiger partial charge in [-0.3, -0.25) is 0 Å². The summed E-state index contributed by atoms with van der Waals surface area (Å²) in [6.45, 7) is 0. The molecule has 2 rings (SSSR count). The molecule has 1 aromatic carbocycles. The number of pyridine rings is 1. The van der Waals surface area contributed by atoms with Crippen LogP contribution in [0.25, 0.3) is 0 Å². The van der Waals surface area contributed by atoms with E-state index in [1.807, 2.05) is 24.3 Å². The van der Waals surface area contributed by atoms with Crippen molar-refractivity contribution in [1.82, 2.24) is 4.98 Å². The van der Waals surface area contributed by atoms with Crippen LogP contribution in [0.5, 0.6) is 5.75 Å². The fourth-order valence-corrected chi connectivity index (χ4v) is 3.38. The first-order valence-electron chi connectivity index (χ1n) is 4.91. The third-order valence-electron chi connectivity index (χ3n) is 2.19. The molecule has 1 unspecified atom stereocenters. The summed E-state index contributed by atoms with van der Waals surface area (Å²) >= 11 is -0.446. The molecule has 0 bridgehead atoms. The molecule has 4 heteroatoms. The molecule has 1 atom stereocenters. The molecule has 0 radical (unpaired) electrons. The maximum atomic E-state index is 5.87. The standard InChI is InChI=1S/C12H13AsN2O/c1-16-10-6-4-9(5-7-10)13-12-11(14)3-2-8-15-12/h2-8,13H,14H2,1H3. The zero-order valence-corrected chi connectivity index (χ0v) is 11.1. The zero-order chi connectivity index (χ0) is 11.4. The van der Waals surface area contributed by atoms with E-state index in [0.29, 0.717) is 0 Å². The summed E-state index contributed by atoms with van der Waals surface area (Å²) in [6.07, 6.45) is 1.79. The number of benzene rings is 1. The molecule has 2 N–H and O–H groups in total. The Morgan fingerprint density at radius 2 is 1.94 bits per heavy atom. The number of hydrogen-bond acceptors (Lipinski definition) is 3. The van der Waals surface area contributed by atoms with Crippen molar-refractivity contribution in [3.8, 4) is 5.75 Å². The first-order valence-corrected chi connectivity index (χ1v) is 7.01. The minimum absolute atomic E-state index is 0.446. The normalized spacial score (nSPS) is 10.8. The van der Waals surface area contributed by atoms with Crippen molar-refractivity contribution in [2.45, 2.75) is 0 Å². The molecular weight excluding hydrogens is 263 g/mol. The SMILES string of the molecule is COc1ccc([AsH]c2ncccc2N)cc1. The zero-order valence-electron chi connectivity index (χ0n) is 8.97. The molecule has 0 fully saturated rings. The average molecular weight is 276 g/mol. The van der Waals surface area contributed by atoms with Gasteiger partial charge in [0, 0.05) is 0 Å². The molecular formula is C12H13AsN2O.